The van der Waals surface area contributed by atoms with Crippen molar-refractivity contribution in [2.45, 2.75) is 60.3 Å². The third-order valence-electron chi connectivity index (χ3n) is 4.27. The van der Waals surface area contributed by atoms with E-state index in [2.05, 4.69) is 57.2 Å². The lowest BCUT2D eigenvalue weighted by Crippen LogP contribution is -2.08. The Balaban J connectivity index is 4.38. The molecule has 0 radical (unpaired) electrons. The highest BCUT2D eigenvalue weighted by molar-refractivity contribution is 5.76. The van der Waals surface area contributed by atoms with Gasteiger partial charge in [0.15, 0.2) is 0 Å². The van der Waals surface area contributed by atoms with Gasteiger partial charge in [-0.1, -0.05) is 89.6 Å². The summed E-state index contributed by atoms with van der Waals surface area (Å²) in [4.78, 5) is 21.9. The number of rotatable bonds is 14. The van der Waals surface area contributed by atoms with E-state index in [0.717, 1.165) is 18.4 Å². The average Bonchev–Trinajstić information content (AvgIpc) is 2.73. The van der Waals surface area contributed by atoms with Crippen LogP contribution in [0.1, 0.15) is 60.3 Å². The Morgan fingerprint density at radius 3 is 2.00 bits per heavy atom. The summed E-state index contributed by atoms with van der Waals surface area (Å²) in [7, 11) is 0. The molecule has 0 amide bonds. The van der Waals surface area contributed by atoms with Gasteiger partial charge in [0.25, 0.3) is 0 Å². The molecule has 0 aromatic carbocycles. The first-order chi connectivity index (χ1) is 15.2. The number of carboxylic acid groups (broad SMARTS) is 1. The van der Waals surface area contributed by atoms with Gasteiger partial charge in [0.1, 0.15) is 6.61 Å². The fraction of sp³-hybridized carbons (Fsp3) is 0.357. The van der Waals surface area contributed by atoms with Crippen LogP contribution in [0.3, 0.4) is 0 Å². The molecule has 0 aromatic heterocycles. The Morgan fingerprint density at radius 2 is 1.38 bits per heavy atom. The van der Waals surface area contributed by atoms with E-state index in [9.17, 15) is 9.59 Å². The van der Waals surface area contributed by atoms with Gasteiger partial charge in [-0.15, -0.1) is 0 Å². The van der Waals surface area contributed by atoms with Crippen molar-refractivity contribution in [3.05, 3.63) is 95.2 Å². The van der Waals surface area contributed by atoms with Crippen molar-refractivity contribution >= 4 is 11.9 Å². The Kier molecular flexibility index (Phi) is 16.8. The van der Waals surface area contributed by atoms with Gasteiger partial charge in [-0.3, -0.25) is 9.59 Å². The summed E-state index contributed by atoms with van der Waals surface area (Å²) in [5.74, 6) is -1.48. The SMILES string of the molecule is C\C=C/C=C/C=C(C)/C=C/C=C(C)/C=C/C=C(\C)CC/C=C(\C)COC(=O)CCC(=O)O. The zero-order valence-corrected chi connectivity index (χ0v) is 20.1. The standard InChI is InChI=1S/C28H38O4/c1-6-7-8-9-13-23(2)14-10-15-24(3)16-11-17-25(4)18-12-19-26(5)22-32-28(31)21-20-27(29)30/h6-11,13-17,19H,12,18,20-22H2,1-5H3,(H,29,30)/b7-6-,9-8+,14-10+,16-11+,23-13+,24-15+,25-17+,26-19+. The molecule has 0 fully saturated rings. The third-order valence-corrected chi connectivity index (χ3v) is 4.27. The first kappa shape index (κ1) is 28.9. The van der Waals surface area contributed by atoms with E-state index in [0.29, 0.717) is 0 Å². The number of ether oxygens (including phenoxy) is 1. The zero-order chi connectivity index (χ0) is 24.2. The van der Waals surface area contributed by atoms with Crippen molar-refractivity contribution < 1.29 is 19.4 Å². The summed E-state index contributed by atoms with van der Waals surface area (Å²) in [5, 5.41) is 8.56. The van der Waals surface area contributed by atoms with Crippen LogP contribution >= 0.6 is 0 Å². The molecule has 0 atom stereocenters. The van der Waals surface area contributed by atoms with Gasteiger partial charge >= 0.3 is 11.9 Å². The lowest BCUT2D eigenvalue weighted by Gasteiger charge is -2.04. The van der Waals surface area contributed by atoms with E-state index >= 15 is 0 Å². The van der Waals surface area contributed by atoms with Crippen molar-refractivity contribution in [2.24, 2.45) is 0 Å². The molecular weight excluding hydrogens is 400 g/mol. The number of allylic oxidation sites excluding steroid dienone is 15. The fourth-order valence-corrected chi connectivity index (χ4v) is 2.37. The van der Waals surface area contributed by atoms with E-state index in [1.54, 1.807) is 0 Å². The second-order valence-electron chi connectivity index (χ2n) is 7.61. The summed E-state index contributed by atoms with van der Waals surface area (Å²) in [6.45, 7) is 10.3. The molecule has 0 aliphatic rings. The van der Waals surface area contributed by atoms with E-state index in [1.807, 2.05) is 50.3 Å². The second-order valence-corrected chi connectivity index (χ2v) is 7.61. The van der Waals surface area contributed by atoms with Gasteiger partial charge < -0.3 is 9.84 Å². The fourth-order valence-electron chi connectivity index (χ4n) is 2.37. The van der Waals surface area contributed by atoms with E-state index in [4.69, 9.17) is 9.84 Å². The predicted molar refractivity (Wildman–Crippen MR) is 134 cm³/mol. The Labute approximate surface area is 193 Å². The maximum atomic E-state index is 11.4. The molecule has 0 aromatic rings. The van der Waals surface area contributed by atoms with E-state index < -0.39 is 11.9 Å². The van der Waals surface area contributed by atoms with Crippen LogP contribution in [0.15, 0.2) is 95.2 Å². The van der Waals surface area contributed by atoms with Crippen LogP contribution in [0.4, 0.5) is 0 Å². The molecule has 0 spiro atoms. The molecule has 4 nitrogen and oxygen atoms in total. The smallest absolute Gasteiger partial charge is 0.306 e. The largest absolute Gasteiger partial charge is 0.481 e. The minimum atomic E-state index is -0.996. The Morgan fingerprint density at radius 1 is 0.750 bits per heavy atom. The van der Waals surface area contributed by atoms with Crippen molar-refractivity contribution in [1.82, 2.24) is 0 Å². The molecule has 0 bridgehead atoms. The van der Waals surface area contributed by atoms with Crippen LogP contribution < -0.4 is 0 Å². The number of carbonyl (C=O) groups excluding carboxylic acids is 1. The quantitative estimate of drug-likeness (QED) is 0.177. The number of esters is 1. The number of carbonyl (C=O) groups is 2. The number of aliphatic carboxylic acids is 1. The summed E-state index contributed by atoms with van der Waals surface area (Å²) in [6.07, 6.45) is 26.1. The molecule has 0 aliphatic carbocycles. The second kappa shape index (κ2) is 18.6. The van der Waals surface area contributed by atoms with Gasteiger partial charge in [-0.2, -0.15) is 0 Å². The van der Waals surface area contributed by atoms with Gasteiger partial charge in [-0.05, 0) is 53.0 Å². The monoisotopic (exact) mass is 438 g/mol. The summed E-state index contributed by atoms with van der Waals surface area (Å²) in [5.41, 5.74) is 4.58. The highest BCUT2D eigenvalue weighted by Gasteiger charge is 2.06. The van der Waals surface area contributed by atoms with Crippen LogP contribution in [0.5, 0.6) is 0 Å². The number of carboxylic acids is 1. The van der Waals surface area contributed by atoms with Crippen molar-refractivity contribution in [3.63, 3.8) is 0 Å². The van der Waals surface area contributed by atoms with Crippen LogP contribution in [0.2, 0.25) is 0 Å². The highest BCUT2D eigenvalue weighted by Crippen LogP contribution is 2.08. The lowest BCUT2D eigenvalue weighted by atomic mass is 10.1. The topological polar surface area (TPSA) is 63.6 Å². The van der Waals surface area contributed by atoms with Crippen molar-refractivity contribution in [3.8, 4) is 0 Å². The first-order valence-corrected chi connectivity index (χ1v) is 10.9. The first-order valence-electron chi connectivity index (χ1n) is 10.9. The summed E-state index contributed by atoms with van der Waals surface area (Å²) >= 11 is 0. The molecule has 0 rings (SSSR count). The molecule has 1 N–H and O–H groups in total. The predicted octanol–water partition coefficient (Wildman–Crippen LogP) is 7.20. The minimum absolute atomic E-state index is 0.0923. The molecule has 32 heavy (non-hydrogen) atoms. The lowest BCUT2D eigenvalue weighted by molar-refractivity contribution is -0.147. The van der Waals surface area contributed by atoms with Crippen LogP contribution in [0.25, 0.3) is 0 Å². The number of hydrogen-bond acceptors (Lipinski definition) is 3. The van der Waals surface area contributed by atoms with Gasteiger partial charge in [-0.25, -0.2) is 0 Å². The van der Waals surface area contributed by atoms with Gasteiger partial charge in [0.2, 0.25) is 0 Å². The normalized spacial score (nSPS) is 14.4. The van der Waals surface area contributed by atoms with E-state index in [-0.39, 0.29) is 19.4 Å². The van der Waals surface area contributed by atoms with Crippen LogP contribution in [0, 0.1) is 0 Å². The molecule has 0 aliphatic heterocycles. The maximum absolute atomic E-state index is 11.4. The molecule has 4 heteroatoms. The Hall–Kier alpha value is -3.14. The minimum Gasteiger partial charge on any atom is -0.481 e. The molecular formula is C28H38O4. The maximum Gasteiger partial charge on any atom is 0.306 e. The van der Waals surface area contributed by atoms with Crippen molar-refractivity contribution in [1.29, 1.82) is 0 Å². The van der Waals surface area contributed by atoms with E-state index in [1.165, 1.54) is 16.7 Å². The average molecular weight is 439 g/mol. The van der Waals surface area contributed by atoms with Crippen LogP contribution in [-0.2, 0) is 14.3 Å². The molecule has 0 unspecified atom stereocenters. The summed E-state index contributed by atoms with van der Waals surface area (Å²) < 4.78 is 5.06. The third kappa shape index (κ3) is 18.9. The molecule has 0 saturated heterocycles. The van der Waals surface area contributed by atoms with Crippen molar-refractivity contribution in [2.75, 3.05) is 6.61 Å². The van der Waals surface area contributed by atoms with Gasteiger partial charge in [0.05, 0.1) is 12.8 Å². The molecule has 0 heterocycles. The number of hydrogen-bond donors (Lipinski definition) is 1. The van der Waals surface area contributed by atoms with Gasteiger partial charge in [0, 0.05) is 0 Å². The Bertz CT molecular complexity index is 827. The highest BCUT2D eigenvalue weighted by atomic mass is 16.5. The summed E-state index contributed by atoms with van der Waals surface area (Å²) in [6, 6.07) is 0. The molecule has 0 saturated carbocycles. The zero-order valence-electron chi connectivity index (χ0n) is 20.1. The van der Waals surface area contributed by atoms with Crippen LogP contribution in [-0.4, -0.2) is 23.7 Å². The molecule has 174 valence electrons.